The fraction of sp³-hybridized carbons (Fsp3) is 0.444. The van der Waals surface area contributed by atoms with Gasteiger partial charge in [0.1, 0.15) is 11.1 Å². The zero-order chi connectivity index (χ0) is 15.3. The minimum absolute atomic E-state index is 0.0486. The molecule has 2 N–H and O–H groups in total. The van der Waals surface area contributed by atoms with Crippen molar-refractivity contribution in [2.45, 2.75) is 22.9 Å². The average molecular weight is 332 g/mol. The van der Waals surface area contributed by atoms with Crippen molar-refractivity contribution in [1.29, 1.82) is 0 Å². The maximum atomic E-state index is 11.9. The molecule has 3 unspecified atom stereocenters. The summed E-state index contributed by atoms with van der Waals surface area (Å²) in [6, 6.07) is 1.50. The molecular weight excluding hydrogens is 323 g/mol. The Bertz CT molecular complexity index is 451. The van der Waals surface area contributed by atoms with E-state index in [1.54, 1.807) is 0 Å². The molecule has 0 saturated heterocycles. The zero-order valence-corrected chi connectivity index (χ0v) is 11.3. The van der Waals surface area contributed by atoms with Gasteiger partial charge in [0.15, 0.2) is 6.23 Å². The summed E-state index contributed by atoms with van der Waals surface area (Å²) in [4.78, 5) is 17.9. The number of esters is 1. The summed E-state index contributed by atoms with van der Waals surface area (Å²) in [5.41, 5.74) is 5.19. The van der Waals surface area contributed by atoms with E-state index in [-0.39, 0.29) is 10.9 Å². The molecule has 1 rings (SSSR count). The molecule has 112 valence electrons. The van der Waals surface area contributed by atoms with Crippen LogP contribution in [0.15, 0.2) is 23.6 Å². The Hall–Kier alpha value is -1.10. The lowest BCUT2D eigenvalue weighted by molar-refractivity contribution is -0.204. The van der Waals surface area contributed by atoms with E-state index >= 15 is 0 Å². The monoisotopic (exact) mass is 331 g/mol. The minimum atomic E-state index is -5.17. The van der Waals surface area contributed by atoms with Crippen molar-refractivity contribution in [2.24, 2.45) is 5.73 Å². The predicted molar refractivity (Wildman–Crippen MR) is 63.1 cm³/mol. The largest absolute Gasteiger partial charge is 0.609 e. The number of hydrogen-bond acceptors (Lipinski definition) is 6. The topological polar surface area (TPSA) is 101 Å². The third-order valence-electron chi connectivity index (χ3n) is 1.89. The lowest BCUT2D eigenvalue weighted by Gasteiger charge is -2.19. The van der Waals surface area contributed by atoms with Crippen molar-refractivity contribution >= 4 is 28.7 Å². The lowest BCUT2D eigenvalue weighted by Crippen LogP contribution is -2.42. The maximum absolute atomic E-state index is 11.9. The van der Waals surface area contributed by atoms with Crippen molar-refractivity contribution in [1.82, 2.24) is 9.97 Å². The van der Waals surface area contributed by atoms with Gasteiger partial charge in [0, 0.05) is 23.6 Å². The van der Waals surface area contributed by atoms with Crippen molar-refractivity contribution in [3.05, 3.63) is 18.5 Å². The van der Waals surface area contributed by atoms with Crippen LogP contribution < -0.4 is 5.73 Å². The van der Waals surface area contributed by atoms with Crippen molar-refractivity contribution in [2.75, 3.05) is 5.75 Å². The first kappa shape index (κ1) is 17.0. The average Bonchev–Trinajstić information content (AvgIpc) is 2.38. The van der Waals surface area contributed by atoms with Gasteiger partial charge in [-0.05, 0) is 6.07 Å². The van der Waals surface area contributed by atoms with Crippen molar-refractivity contribution < 1.29 is 27.3 Å². The zero-order valence-electron chi connectivity index (χ0n) is 9.71. The first-order chi connectivity index (χ1) is 9.21. The molecule has 0 saturated carbocycles. The second-order valence-electron chi connectivity index (χ2n) is 3.43. The number of alkyl halides is 4. The third kappa shape index (κ3) is 5.12. The molecule has 1 heterocycles. The molecule has 0 aromatic carbocycles. The van der Waals surface area contributed by atoms with Gasteiger partial charge in [0.25, 0.3) is 0 Å². The number of carbonyl (C=O) groups is 1. The highest BCUT2D eigenvalue weighted by molar-refractivity contribution is 7.91. The molecule has 0 radical (unpaired) electrons. The number of aromatic nitrogens is 2. The summed E-state index contributed by atoms with van der Waals surface area (Å²) in [6.45, 7) is 0. The van der Waals surface area contributed by atoms with Gasteiger partial charge in [-0.25, -0.2) is 4.79 Å². The molecule has 0 aliphatic carbocycles. The summed E-state index contributed by atoms with van der Waals surface area (Å²) < 4.78 is 51.5. The van der Waals surface area contributed by atoms with Crippen LogP contribution in [0.1, 0.15) is 0 Å². The van der Waals surface area contributed by atoms with Gasteiger partial charge in [-0.2, -0.15) is 23.1 Å². The highest BCUT2D eigenvalue weighted by Crippen LogP contribution is 2.19. The first-order valence-electron chi connectivity index (χ1n) is 5.04. The van der Waals surface area contributed by atoms with Crippen molar-refractivity contribution in [3.63, 3.8) is 0 Å². The van der Waals surface area contributed by atoms with Crippen LogP contribution >= 0.6 is 11.6 Å². The Balaban J connectivity index is 2.54. The van der Waals surface area contributed by atoms with E-state index < -0.39 is 34.9 Å². The van der Waals surface area contributed by atoms with Crippen LogP contribution in [-0.4, -0.2) is 44.0 Å². The van der Waals surface area contributed by atoms with Crippen LogP contribution in [0.5, 0.6) is 0 Å². The van der Waals surface area contributed by atoms with Crippen LogP contribution in [0.25, 0.3) is 0 Å². The van der Waals surface area contributed by atoms with Crippen LogP contribution in [-0.2, 0) is 20.7 Å². The van der Waals surface area contributed by atoms with Crippen LogP contribution in [0.4, 0.5) is 13.2 Å². The lowest BCUT2D eigenvalue weighted by atomic mass is 10.4. The Morgan fingerprint density at radius 3 is 2.55 bits per heavy atom. The smallest absolute Gasteiger partial charge is 0.490 e. The molecule has 0 fully saturated rings. The van der Waals surface area contributed by atoms with Crippen molar-refractivity contribution in [3.8, 4) is 0 Å². The molecule has 0 spiro atoms. The predicted octanol–water partition coefficient (Wildman–Crippen LogP) is 0.582. The minimum Gasteiger partial charge on any atom is -0.609 e. The summed E-state index contributed by atoms with van der Waals surface area (Å²) in [5, 5.41) is -1.33. The molecule has 0 amide bonds. The molecule has 0 aliphatic rings. The third-order valence-corrected chi connectivity index (χ3v) is 3.75. The number of ether oxygens (including phenoxy) is 1. The quantitative estimate of drug-likeness (QED) is 0.278. The van der Waals surface area contributed by atoms with Gasteiger partial charge in [0.05, 0.1) is 0 Å². The normalized spacial score (nSPS) is 16.3. The van der Waals surface area contributed by atoms with E-state index in [9.17, 15) is 22.5 Å². The van der Waals surface area contributed by atoms with E-state index in [2.05, 4.69) is 14.7 Å². The van der Waals surface area contributed by atoms with E-state index in [0.29, 0.717) is 0 Å². The molecule has 6 nitrogen and oxygen atoms in total. The summed E-state index contributed by atoms with van der Waals surface area (Å²) in [6.07, 6.45) is -4.24. The molecule has 20 heavy (non-hydrogen) atoms. The van der Waals surface area contributed by atoms with E-state index in [1.165, 1.54) is 18.5 Å². The van der Waals surface area contributed by atoms with Gasteiger partial charge in [0.2, 0.25) is 0 Å². The number of hydrogen-bond donors (Lipinski definition) is 1. The Morgan fingerprint density at radius 2 is 2.05 bits per heavy atom. The summed E-state index contributed by atoms with van der Waals surface area (Å²) in [7, 11) is 0. The standard InChI is InChI=1S/C9H9ClF3N3O3S/c10-5(6(14)19-7(17)9(11,12)13)4-20(18)8-15-2-1-3-16-8/h1-3,5-6H,4,14H2. The molecule has 3 atom stereocenters. The van der Waals surface area contributed by atoms with Crippen LogP contribution in [0.3, 0.4) is 0 Å². The molecule has 1 aromatic heterocycles. The molecular formula is C9H9ClF3N3O3S. The number of halogens is 4. The fourth-order valence-electron chi connectivity index (χ4n) is 0.981. The SMILES string of the molecule is NC(OC(=O)C(F)(F)F)C(Cl)C[S+]([O-])c1ncccn1. The number of nitrogens with two attached hydrogens (primary N) is 1. The molecule has 0 bridgehead atoms. The number of rotatable bonds is 5. The van der Waals surface area contributed by atoms with Gasteiger partial charge in [-0.15, -0.1) is 11.6 Å². The van der Waals surface area contributed by atoms with Gasteiger partial charge >= 0.3 is 17.3 Å². The second kappa shape index (κ2) is 7.07. The highest BCUT2D eigenvalue weighted by atomic mass is 35.5. The summed E-state index contributed by atoms with van der Waals surface area (Å²) >= 11 is 3.88. The van der Waals surface area contributed by atoms with E-state index in [0.717, 1.165) is 0 Å². The number of carbonyl (C=O) groups excluding carboxylic acids is 1. The van der Waals surface area contributed by atoms with Crippen LogP contribution in [0, 0.1) is 0 Å². The van der Waals surface area contributed by atoms with Gasteiger partial charge < -0.3 is 9.29 Å². The van der Waals surface area contributed by atoms with Gasteiger partial charge in [-0.3, -0.25) is 5.73 Å². The maximum Gasteiger partial charge on any atom is 0.490 e. The Kier molecular flexibility index (Phi) is 5.99. The van der Waals surface area contributed by atoms with E-state index in [4.69, 9.17) is 17.3 Å². The Morgan fingerprint density at radius 1 is 1.50 bits per heavy atom. The fourth-order valence-corrected chi connectivity index (χ4v) is 2.36. The van der Waals surface area contributed by atoms with E-state index in [1.807, 2.05) is 0 Å². The first-order valence-corrected chi connectivity index (χ1v) is 6.80. The highest BCUT2D eigenvalue weighted by Gasteiger charge is 2.43. The Labute approximate surface area is 119 Å². The van der Waals surface area contributed by atoms with Crippen LogP contribution in [0.2, 0.25) is 0 Å². The molecule has 0 aliphatic heterocycles. The number of nitrogens with zero attached hydrogens (tertiary/aromatic N) is 2. The molecule has 1 aromatic rings. The second-order valence-corrected chi connectivity index (χ2v) is 5.38. The molecule has 11 heteroatoms. The van der Waals surface area contributed by atoms with Gasteiger partial charge in [-0.1, -0.05) is 0 Å². The summed E-state index contributed by atoms with van der Waals surface area (Å²) in [5.74, 6) is -2.82.